The lowest BCUT2D eigenvalue weighted by Crippen LogP contribution is -2.17. The fraction of sp³-hybridized carbons (Fsp3) is 0.375. The Labute approximate surface area is 143 Å². The van der Waals surface area contributed by atoms with E-state index in [1.54, 1.807) is 16.8 Å². The van der Waals surface area contributed by atoms with Crippen molar-refractivity contribution in [1.29, 1.82) is 0 Å². The first-order valence-electron chi connectivity index (χ1n) is 7.55. The molecule has 1 atom stereocenters. The average molecular weight is 349 g/mol. The predicted molar refractivity (Wildman–Crippen MR) is 93.0 cm³/mol. The molecule has 0 saturated heterocycles. The fourth-order valence-electron chi connectivity index (χ4n) is 2.75. The number of phenols is 1. The van der Waals surface area contributed by atoms with Gasteiger partial charge in [0, 0.05) is 6.04 Å². The van der Waals surface area contributed by atoms with E-state index >= 15 is 0 Å². The van der Waals surface area contributed by atoms with Gasteiger partial charge in [-0.3, -0.25) is 19.4 Å². The number of nitrogens with zero attached hydrogens (tertiary/aromatic N) is 1. The van der Waals surface area contributed by atoms with Gasteiger partial charge in [-0.2, -0.15) is 0 Å². The van der Waals surface area contributed by atoms with E-state index < -0.39 is 0 Å². The number of aromatic hydroxyl groups is 1. The van der Waals surface area contributed by atoms with E-state index in [1.807, 2.05) is 13.8 Å². The number of aromatic nitrogens is 2. The Kier molecular flexibility index (Phi) is 4.31. The highest BCUT2D eigenvalue weighted by Gasteiger charge is 2.31. The number of methoxy groups -OCH3 is 1. The minimum absolute atomic E-state index is 0.000135. The number of thioether (sulfide) groups is 1. The highest BCUT2D eigenvalue weighted by atomic mass is 32.2. The van der Waals surface area contributed by atoms with E-state index in [4.69, 9.17) is 4.74 Å². The van der Waals surface area contributed by atoms with Gasteiger partial charge in [-0.1, -0.05) is 6.07 Å². The molecule has 3 rings (SSSR count). The quantitative estimate of drug-likeness (QED) is 0.790. The summed E-state index contributed by atoms with van der Waals surface area (Å²) in [6.07, 6.45) is 0. The molecule has 1 aromatic carbocycles. The number of hydrogen-bond acceptors (Lipinski definition) is 5. The normalized spacial score (nSPS) is 17.3. The van der Waals surface area contributed by atoms with Crippen molar-refractivity contribution in [3.8, 4) is 11.5 Å². The number of rotatable bonds is 3. The minimum Gasteiger partial charge on any atom is -0.504 e. The third-order valence-electron chi connectivity index (χ3n) is 3.89. The van der Waals surface area contributed by atoms with Crippen LogP contribution in [-0.2, 0) is 4.79 Å². The Morgan fingerprint density at radius 2 is 2.12 bits per heavy atom. The Bertz CT molecular complexity index is 840. The summed E-state index contributed by atoms with van der Waals surface area (Å²) in [4.78, 5) is 24.6. The maximum atomic E-state index is 12.5. The Morgan fingerprint density at radius 3 is 2.79 bits per heavy atom. The monoisotopic (exact) mass is 349 g/mol. The summed E-state index contributed by atoms with van der Waals surface area (Å²) in [5.74, 6) is 0.950. The Morgan fingerprint density at radius 1 is 1.38 bits per heavy atom. The number of amides is 1. The molecule has 0 spiro atoms. The van der Waals surface area contributed by atoms with Crippen molar-refractivity contribution in [2.45, 2.75) is 25.1 Å². The molecule has 7 nitrogen and oxygen atoms in total. The number of fused-ring (bicyclic) bond motifs is 1. The zero-order chi connectivity index (χ0) is 17.4. The molecule has 1 aliphatic heterocycles. The van der Waals surface area contributed by atoms with Crippen LogP contribution in [0.3, 0.4) is 0 Å². The summed E-state index contributed by atoms with van der Waals surface area (Å²) in [6.45, 7) is 3.86. The second-order valence-corrected chi connectivity index (χ2v) is 6.93. The van der Waals surface area contributed by atoms with Crippen molar-refractivity contribution in [2.24, 2.45) is 0 Å². The summed E-state index contributed by atoms with van der Waals surface area (Å²) in [7, 11) is 1.47. The molecule has 8 heteroatoms. The first kappa shape index (κ1) is 16.5. The summed E-state index contributed by atoms with van der Waals surface area (Å²) in [5, 5.41) is 15.1. The van der Waals surface area contributed by atoms with Crippen molar-refractivity contribution in [3.63, 3.8) is 0 Å². The number of hydrogen-bond donors (Lipinski definition) is 3. The highest BCUT2D eigenvalue weighted by Crippen LogP contribution is 2.42. The molecular weight excluding hydrogens is 330 g/mol. The van der Waals surface area contributed by atoms with E-state index in [0.717, 1.165) is 5.56 Å². The lowest BCUT2D eigenvalue weighted by Gasteiger charge is -2.16. The third-order valence-corrected chi connectivity index (χ3v) is 5.16. The third kappa shape index (κ3) is 2.77. The maximum Gasteiger partial charge on any atom is 0.270 e. The van der Waals surface area contributed by atoms with E-state index in [1.165, 1.54) is 24.9 Å². The summed E-state index contributed by atoms with van der Waals surface area (Å²) < 4.78 is 6.83. The lowest BCUT2D eigenvalue weighted by molar-refractivity contribution is -0.113. The number of nitrogens with one attached hydrogen (secondary N) is 2. The van der Waals surface area contributed by atoms with Gasteiger partial charge in [-0.05, 0) is 31.5 Å². The first-order chi connectivity index (χ1) is 11.4. The zero-order valence-corrected chi connectivity index (χ0v) is 14.4. The SMILES string of the molecule is COc1cc([C@H]2SCC(=O)Nc3c2c(=O)[nH]n3C(C)C)ccc1O. The number of ether oxygens (including phenoxy) is 1. The molecule has 1 aliphatic rings. The molecule has 2 aromatic rings. The van der Waals surface area contributed by atoms with Gasteiger partial charge in [0.25, 0.3) is 5.56 Å². The summed E-state index contributed by atoms with van der Waals surface area (Å²) in [6, 6.07) is 4.96. The van der Waals surface area contributed by atoms with Crippen molar-refractivity contribution in [2.75, 3.05) is 18.2 Å². The molecule has 3 N–H and O–H groups in total. The standard InChI is InChI=1S/C16H19N3O4S/c1-8(2)19-15-13(16(22)18-19)14(24-7-12(21)17-15)9-4-5-10(20)11(6-9)23-3/h4-6,8,14,20H,7H2,1-3H3,(H,17,21)(H,18,22)/t14-/m1/s1. The van der Waals surface area contributed by atoms with Gasteiger partial charge in [-0.25, -0.2) is 0 Å². The van der Waals surface area contributed by atoms with Gasteiger partial charge in [0.15, 0.2) is 11.5 Å². The molecule has 0 radical (unpaired) electrons. The van der Waals surface area contributed by atoms with Gasteiger partial charge in [0.1, 0.15) is 5.82 Å². The molecule has 0 saturated carbocycles. The molecule has 0 bridgehead atoms. The summed E-state index contributed by atoms with van der Waals surface area (Å²) >= 11 is 1.37. The predicted octanol–water partition coefficient (Wildman–Crippen LogP) is 2.25. The average Bonchev–Trinajstić information content (AvgIpc) is 2.75. The van der Waals surface area contributed by atoms with Crippen molar-refractivity contribution in [1.82, 2.24) is 9.78 Å². The molecule has 2 heterocycles. The fourth-order valence-corrected chi connectivity index (χ4v) is 3.87. The topological polar surface area (TPSA) is 96.4 Å². The van der Waals surface area contributed by atoms with Crippen molar-refractivity contribution in [3.05, 3.63) is 39.7 Å². The second-order valence-electron chi connectivity index (χ2n) is 5.84. The van der Waals surface area contributed by atoms with Crippen LogP contribution >= 0.6 is 11.8 Å². The molecule has 128 valence electrons. The Balaban J connectivity index is 2.17. The maximum absolute atomic E-state index is 12.5. The largest absolute Gasteiger partial charge is 0.504 e. The molecular formula is C16H19N3O4S. The number of carbonyl (C=O) groups excluding carboxylic acids is 1. The van der Waals surface area contributed by atoms with E-state index in [9.17, 15) is 14.7 Å². The number of aromatic amines is 1. The minimum atomic E-state index is -0.336. The van der Waals surface area contributed by atoms with Gasteiger partial charge in [0.05, 0.1) is 23.7 Å². The van der Waals surface area contributed by atoms with Crippen LogP contribution in [0.25, 0.3) is 0 Å². The smallest absolute Gasteiger partial charge is 0.270 e. The lowest BCUT2D eigenvalue weighted by atomic mass is 10.1. The van der Waals surface area contributed by atoms with Crippen LogP contribution in [-0.4, -0.2) is 33.7 Å². The Hall–Kier alpha value is -2.35. The van der Waals surface area contributed by atoms with Crippen molar-refractivity contribution < 1.29 is 14.6 Å². The van der Waals surface area contributed by atoms with Crippen LogP contribution in [0.1, 0.15) is 36.3 Å². The van der Waals surface area contributed by atoms with Crippen LogP contribution < -0.4 is 15.6 Å². The van der Waals surface area contributed by atoms with E-state index in [-0.39, 0.29) is 34.3 Å². The van der Waals surface area contributed by atoms with Crippen LogP contribution in [0, 0.1) is 0 Å². The van der Waals surface area contributed by atoms with Crippen LogP contribution in [0.2, 0.25) is 0 Å². The number of benzene rings is 1. The van der Waals surface area contributed by atoms with Crippen molar-refractivity contribution >= 4 is 23.5 Å². The highest BCUT2D eigenvalue weighted by molar-refractivity contribution is 8.00. The first-order valence-corrected chi connectivity index (χ1v) is 8.60. The van der Waals surface area contributed by atoms with Crippen LogP contribution in [0.5, 0.6) is 11.5 Å². The number of phenolic OH excluding ortho intramolecular Hbond substituents is 1. The van der Waals surface area contributed by atoms with Gasteiger partial charge < -0.3 is 15.2 Å². The molecule has 0 unspecified atom stereocenters. The van der Waals surface area contributed by atoms with Crippen LogP contribution in [0.15, 0.2) is 23.0 Å². The van der Waals surface area contributed by atoms with E-state index in [0.29, 0.717) is 17.1 Å². The molecule has 0 aliphatic carbocycles. The van der Waals surface area contributed by atoms with Gasteiger partial charge in [-0.15, -0.1) is 11.8 Å². The van der Waals surface area contributed by atoms with Crippen LogP contribution in [0.4, 0.5) is 5.82 Å². The molecule has 1 amide bonds. The second kappa shape index (κ2) is 6.27. The zero-order valence-electron chi connectivity index (χ0n) is 13.6. The van der Waals surface area contributed by atoms with Gasteiger partial charge in [0.2, 0.25) is 5.91 Å². The molecule has 24 heavy (non-hydrogen) atoms. The number of anilines is 1. The number of H-pyrrole nitrogens is 1. The van der Waals surface area contributed by atoms with Gasteiger partial charge >= 0.3 is 0 Å². The van der Waals surface area contributed by atoms with E-state index in [2.05, 4.69) is 10.4 Å². The summed E-state index contributed by atoms with van der Waals surface area (Å²) in [5.41, 5.74) is 1.07. The number of carbonyl (C=O) groups is 1. The molecule has 1 aromatic heterocycles. The molecule has 0 fully saturated rings.